The number of alkyl halides is 3. The number of benzene rings is 1. The minimum Gasteiger partial charge on any atom is -0.359 e. The summed E-state index contributed by atoms with van der Waals surface area (Å²) in [6.45, 7) is 1.72. The molecule has 4 aliphatic rings. The Labute approximate surface area is 197 Å². The van der Waals surface area contributed by atoms with E-state index in [0.717, 1.165) is 51.0 Å². The van der Waals surface area contributed by atoms with Gasteiger partial charge in [0, 0.05) is 37.3 Å². The molecule has 34 heavy (non-hydrogen) atoms. The first kappa shape index (κ1) is 23.0. The van der Waals surface area contributed by atoms with Gasteiger partial charge >= 0.3 is 6.18 Å². The molecule has 182 valence electrons. The summed E-state index contributed by atoms with van der Waals surface area (Å²) in [4.78, 5) is 29.5. The topological polar surface area (TPSA) is 76.4 Å². The number of anilines is 1. The van der Waals surface area contributed by atoms with Crippen LogP contribution in [0.25, 0.3) is 0 Å². The highest BCUT2D eigenvalue weighted by atomic mass is 19.4. The van der Waals surface area contributed by atoms with Gasteiger partial charge in [-0.25, -0.2) is 0 Å². The van der Waals surface area contributed by atoms with E-state index in [1.54, 1.807) is 11.0 Å². The molecule has 6 nitrogen and oxygen atoms in total. The van der Waals surface area contributed by atoms with Crippen molar-refractivity contribution in [3.63, 3.8) is 0 Å². The van der Waals surface area contributed by atoms with Crippen molar-refractivity contribution in [1.29, 1.82) is 5.26 Å². The number of hydrogen-bond acceptors (Lipinski definition) is 4. The number of nitriles is 1. The van der Waals surface area contributed by atoms with Crippen LogP contribution in [0, 0.1) is 22.7 Å². The van der Waals surface area contributed by atoms with E-state index in [-0.39, 0.29) is 29.2 Å². The van der Waals surface area contributed by atoms with E-state index >= 15 is 0 Å². The molecule has 2 amide bonds. The standard InChI is InChI=1S/C25H29F3N4O2/c26-25(27,28)20-12-19(7-4-17(20)14-29)32-15-24(13-21(32)22(33)30-18-5-6-18)8-10-31(11-9-24)23(34)16-2-1-3-16/h4,7,12,16,18,21H,1-3,5-6,8-11,13,15H2,(H,30,33). The first-order chi connectivity index (χ1) is 16.2. The lowest BCUT2D eigenvalue weighted by Crippen LogP contribution is -2.47. The SMILES string of the molecule is N#Cc1ccc(N2CC3(CCN(C(=O)C4CCC4)CC3)CC2C(=O)NC2CC2)cc1C(F)(F)F. The van der Waals surface area contributed by atoms with E-state index in [2.05, 4.69) is 5.32 Å². The molecule has 2 heterocycles. The summed E-state index contributed by atoms with van der Waals surface area (Å²) in [5.74, 6) is 0.219. The third-order valence-electron chi connectivity index (χ3n) is 8.09. The number of amides is 2. The summed E-state index contributed by atoms with van der Waals surface area (Å²) in [5, 5.41) is 12.2. The van der Waals surface area contributed by atoms with Gasteiger partial charge in [0.25, 0.3) is 0 Å². The summed E-state index contributed by atoms with van der Waals surface area (Å²) in [6.07, 6.45) is 2.24. The van der Waals surface area contributed by atoms with Crippen LogP contribution in [0.5, 0.6) is 0 Å². The van der Waals surface area contributed by atoms with E-state index in [4.69, 9.17) is 5.26 Å². The molecule has 2 saturated carbocycles. The van der Waals surface area contributed by atoms with Crippen LogP contribution in [-0.4, -0.2) is 48.4 Å². The lowest BCUT2D eigenvalue weighted by Gasteiger charge is -2.41. The first-order valence-electron chi connectivity index (χ1n) is 12.2. The van der Waals surface area contributed by atoms with Crippen LogP contribution in [0.2, 0.25) is 0 Å². The van der Waals surface area contributed by atoms with Crippen molar-refractivity contribution in [2.45, 2.75) is 69.6 Å². The fourth-order valence-corrected chi connectivity index (χ4v) is 5.61. The zero-order chi connectivity index (χ0) is 24.1. The zero-order valence-electron chi connectivity index (χ0n) is 19.0. The molecule has 2 aliphatic carbocycles. The molecule has 1 atom stereocenters. The Bertz CT molecular complexity index is 1020. The van der Waals surface area contributed by atoms with E-state index in [1.165, 1.54) is 12.1 Å². The number of carbonyl (C=O) groups excluding carboxylic acids is 2. The number of likely N-dealkylation sites (tertiary alicyclic amines) is 1. The van der Waals surface area contributed by atoms with Gasteiger partial charge in [-0.15, -0.1) is 0 Å². The minimum atomic E-state index is -4.66. The van der Waals surface area contributed by atoms with E-state index in [1.807, 2.05) is 4.90 Å². The largest absolute Gasteiger partial charge is 0.417 e. The lowest BCUT2D eigenvalue weighted by molar-refractivity contribution is -0.140. The number of halogens is 3. The highest BCUT2D eigenvalue weighted by Crippen LogP contribution is 2.47. The smallest absolute Gasteiger partial charge is 0.359 e. The third kappa shape index (κ3) is 4.35. The number of nitrogens with zero attached hydrogens (tertiary/aromatic N) is 3. The van der Waals surface area contributed by atoms with Crippen LogP contribution in [-0.2, 0) is 15.8 Å². The molecule has 5 rings (SSSR count). The van der Waals surface area contributed by atoms with Crippen molar-refractivity contribution >= 4 is 17.5 Å². The van der Waals surface area contributed by atoms with Crippen LogP contribution >= 0.6 is 0 Å². The Kier molecular flexibility index (Phi) is 5.73. The van der Waals surface area contributed by atoms with Crippen molar-refractivity contribution in [3.05, 3.63) is 29.3 Å². The molecule has 1 spiro atoms. The molecule has 0 bridgehead atoms. The number of carbonyl (C=O) groups is 2. The fraction of sp³-hybridized carbons (Fsp3) is 0.640. The summed E-state index contributed by atoms with van der Waals surface area (Å²) in [6, 6.07) is 4.92. The fourth-order valence-electron chi connectivity index (χ4n) is 5.61. The molecule has 0 radical (unpaired) electrons. The van der Waals surface area contributed by atoms with Crippen molar-refractivity contribution < 1.29 is 22.8 Å². The Morgan fingerprint density at radius 1 is 1.12 bits per heavy atom. The maximum atomic E-state index is 13.6. The zero-order valence-corrected chi connectivity index (χ0v) is 19.0. The van der Waals surface area contributed by atoms with Gasteiger partial charge in [-0.3, -0.25) is 9.59 Å². The van der Waals surface area contributed by atoms with Crippen LogP contribution in [0.1, 0.15) is 62.5 Å². The lowest BCUT2D eigenvalue weighted by atomic mass is 9.75. The summed E-state index contributed by atoms with van der Waals surface area (Å²) in [7, 11) is 0. The average Bonchev–Trinajstić information content (AvgIpc) is 3.51. The number of rotatable bonds is 4. The normalized spacial score (nSPS) is 24.6. The average molecular weight is 475 g/mol. The molecule has 1 N–H and O–H groups in total. The second-order valence-electron chi connectivity index (χ2n) is 10.4. The van der Waals surface area contributed by atoms with E-state index in [0.29, 0.717) is 31.7 Å². The Morgan fingerprint density at radius 3 is 2.38 bits per heavy atom. The molecule has 2 aliphatic heterocycles. The van der Waals surface area contributed by atoms with Gasteiger partial charge in [0.15, 0.2) is 0 Å². The number of nitrogens with one attached hydrogen (secondary N) is 1. The van der Waals surface area contributed by atoms with Gasteiger partial charge in [-0.1, -0.05) is 6.42 Å². The molecule has 1 aromatic rings. The van der Waals surface area contributed by atoms with Gasteiger partial charge in [0.05, 0.1) is 17.2 Å². The quantitative estimate of drug-likeness (QED) is 0.720. The summed E-state index contributed by atoms with van der Waals surface area (Å²) < 4.78 is 40.9. The monoisotopic (exact) mass is 474 g/mol. The van der Waals surface area contributed by atoms with Gasteiger partial charge in [0.2, 0.25) is 11.8 Å². The predicted molar refractivity (Wildman–Crippen MR) is 119 cm³/mol. The van der Waals surface area contributed by atoms with Gasteiger partial charge < -0.3 is 15.1 Å². The Hall–Kier alpha value is -2.76. The summed E-state index contributed by atoms with van der Waals surface area (Å²) >= 11 is 0. The first-order valence-corrected chi connectivity index (χ1v) is 12.2. The molecule has 1 unspecified atom stereocenters. The Balaban J connectivity index is 1.39. The van der Waals surface area contributed by atoms with Crippen molar-refractivity contribution in [2.24, 2.45) is 11.3 Å². The molecule has 0 aromatic heterocycles. The maximum absolute atomic E-state index is 13.6. The van der Waals surface area contributed by atoms with E-state index in [9.17, 15) is 22.8 Å². The van der Waals surface area contributed by atoms with Gasteiger partial charge in [-0.05, 0) is 68.6 Å². The highest BCUT2D eigenvalue weighted by molar-refractivity contribution is 5.87. The predicted octanol–water partition coefficient (Wildman–Crippen LogP) is 3.84. The van der Waals surface area contributed by atoms with Crippen LogP contribution < -0.4 is 10.2 Å². The molecular formula is C25H29F3N4O2. The highest BCUT2D eigenvalue weighted by Gasteiger charge is 2.50. The second-order valence-corrected chi connectivity index (χ2v) is 10.4. The molecule has 4 fully saturated rings. The van der Waals surface area contributed by atoms with Crippen LogP contribution in [0.4, 0.5) is 18.9 Å². The Morgan fingerprint density at radius 2 is 1.82 bits per heavy atom. The second kappa shape index (κ2) is 8.47. The summed E-state index contributed by atoms with van der Waals surface area (Å²) in [5.41, 5.74) is -1.32. The third-order valence-corrected chi connectivity index (χ3v) is 8.09. The molecule has 1 aromatic carbocycles. The van der Waals surface area contributed by atoms with Gasteiger partial charge in [-0.2, -0.15) is 18.4 Å². The molecule has 9 heteroatoms. The van der Waals surface area contributed by atoms with E-state index < -0.39 is 23.3 Å². The minimum absolute atomic E-state index is 0.144. The van der Waals surface area contributed by atoms with Crippen molar-refractivity contribution in [1.82, 2.24) is 10.2 Å². The molecular weight excluding hydrogens is 445 g/mol. The number of piperidine rings is 1. The van der Waals surface area contributed by atoms with Crippen LogP contribution in [0.3, 0.4) is 0 Å². The van der Waals surface area contributed by atoms with Crippen molar-refractivity contribution in [3.8, 4) is 6.07 Å². The maximum Gasteiger partial charge on any atom is 0.417 e. The van der Waals surface area contributed by atoms with Crippen molar-refractivity contribution in [2.75, 3.05) is 24.5 Å². The number of hydrogen-bond donors (Lipinski definition) is 1. The molecule has 2 saturated heterocycles. The van der Waals surface area contributed by atoms with Gasteiger partial charge in [0.1, 0.15) is 6.04 Å². The van der Waals surface area contributed by atoms with Crippen LogP contribution in [0.15, 0.2) is 18.2 Å².